The summed E-state index contributed by atoms with van der Waals surface area (Å²) in [6.45, 7) is 9.42. The van der Waals surface area contributed by atoms with Crippen LogP contribution < -0.4 is 11.1 Å². The number of benzene rings is 1. The van der Waals surface area contributed by atoms with Crippen LogP contribution in [-0.4, -0.2) is 35.7 Å². The topological polar surface area (TPSA) is 102 Å². The van der Waals surface area contributed by atoms with Crippen LogP contribution in [0.25, 0.3) is 0 Å². The van der Waals surface area contributed by atoms with Crippen LogP contribution in [0.2, 0.25) is 0 Å². The van der Waals surface area contributed by atoms with Gasteiger partial charge in [0.15, 0.2) is 0 Å². The summed E-state index contributed by atoms with van der Waals surface area (Å²) in [6, 6.07) is 5.83. The van der Waals surface area contributed by atoms with Gasteiger partial charge in [-0.15, -0.1) is 0 Å². The standard InChI is InChI=1S/C15H23NO2.C2H5NO2/c1-6-13-9-7-8-11(4)14(13)16-12(5)15(17)18-10(2)3;3-1-2(4)5/h7-10,12,16H,6H2,1-5H3;1,3H2,(H,4,5)/t12-;/m0./s1. The Morgan fingerprint density at radius 1 is 1.30 bits per heavy atom. The maximum Gasteiger partial charge on any atom is 0.328 e. The minimum atomic E-state index is -0.968. The number of anilines is 1. The third-order valence-electron chi connectivity index (χ3n) is 2.98. The highest BCUT2D eigenvalue weighted by atomic mass is 16.5. The van der Waals surface area contributed by atoms with Gasteiger partial charge in [-0.2, -0.15) is 0 Å². The second-order valence-electron chi connectivity index (χ2n) is 5.41. The number of carboxylic acids is 1. The van der Waals surface area contributed by atoms with Gasteiger partial charge >= 0.3 is 11.9 Å². The first-order valence-corrected chi connectivity index (χ1v) is 7.70. The highest BCUT2D eigenvalue weighted by Crippen LogP contribution is 2.22. The van der Waals surface area contributed by atoms with Crippen molar-refractivity contribution in [2.24, 2.45) is 5.73 Å². The third kappa shape index (κ3) is 8.21. The zero-order valence-corrected chi connectivity index (χ0v) is 14.6. The Balaban J connectivity index is 0.000000841. The van der Waals surface area contributed by atoms with Gasteiger partial charge in [-0.3, -0.25) is 4.79 Å². The maximum absolute atomic E-state index is 11.8. The molecule has 4 N–H and O–H groups in total. The molecule has 0 unspecified atom stereocenters. The van der Waals surface area contributed by atoms with Gasteiger partial charge in [-0.05, 0) is 45.2 Å². The molecule has 130 valence electrons. The molecule has 0 spiro atoms. The van der Waals surface area contributed by atoms with Crippen molar-refractivity contribution in [3.05, 3.63) is 29.3 Å². The van der Waals surface area contributed by atoms with E-state index in [2.05, 4.69) is 24.0 Å². The molecule has 1 rings (SSSR count). The fraction of sp³-hybridized carbons (Fsp3) is 0.529. The summed E-state index contributed by atoms with van der Waals surface area (Å²) in [5, 5.41) is 10.9. The van der Waals surface area contributed by atoms with Crippen molar-refractivity contribution in [2.45, 2.75) is 53.2 Å². The third-order valence-corrected chi connectivity index (χ3v) is 2.98. The predicted octanol–water partition coefficient (Wildman–Crippen LogP) is 2.34. The Labute approximate surface area is 138 Å². The van der Waals surface area contributed by atoms with Crippen LogP contribution in [0.1, 0.15) is 38.8 Å². The first-order valence-electron chi connectivity index (χ1n) is 7.70. The number of esters is 1. The van der Waals surface area contributed by atoms with Gasteiger partial charge in [0.1, 0.15) is 6.04 Å². The van der Waals surface area contributed by atoms with Crippen molar-refractivity contribution in [2.75, 3.05) is 11.9 Å². The summed E-state index contributed by atoms with van der Waals surface area (Å²) in [4.78, 5) is 21.0. The molecular weight excluding hydrogens is 296 g/mol. The molecule has 1 aromatic rings. The van der Waals surface area contributed by atoms with Gasteiger partial charge < -0.3 is 20.9 Å². The summed E-state index contributed by atoms with van der Waals surface area (Å²) in [6.07, 6.45) is 0.861. The van der Waals surface area contributed by atoms with Crippen LogP contribution in [0.15, 0.2) is 18.2 Å². The van der Waals surface area contributed by atoms with Crippen LogP contribution in [0.4, 0.5) is 5.69 Å². The number of para-hydroxylation sites is 1. The minimum Gasteiger partial charge on any atom is -0.480 e. The summed E-state index contributed by atoms with van der Waals surface area (Å²) >= 11 is 0. The van der Waals surface area contributed by atoms with Gasteiger partial charge in [0.05, 0.1) is 12.6 Å². The molecule has 0 saturated carbocycles. The molecule has 0 aliphatic carbocycles. The highest BCUT2D eigenvalue weighted by molar-refractivity contribution is 5.79. The number of aryl methyl sites for hydroxylation is 2. The Hall–Kier alpha value is -2.08. The highest BCUT2D eigenvalue weighted by Gasteiger charge is 2.17. The molecule has 0 aromatic heterocycles. The number of nitrogens with one attached hydrogen (secondary N) is 1. The van der Waals surface area contributed by atoms with E-state index in [0.717, 1.165) is 17.7 Å². The smallest absolute Gasteiger partial charge is 0.328 e. The molecule has 0 aliphatic heterocycles. The lowest BCUT2D eigenvalue weighted by atomic mass is 10.1. The fourth-order valence-electron chi connectivity index (χ4n) is 1.84. The molecule has 6 heteroatoms. The lowest BCUT2D eigenvalue weighted by Gasteiger charge is -2.19. The van der Waals surface area contributed by atoms with Gasteiger partial charge in [0, 0.05) is 5.69 Å². The van der Waals surface area contributed by atoms with E-state index in [1.807, 2.05) is 39.8 Å². The minimum absolute atomic E-state index is 0.0794. The van der Waals surface area contributed by atoms with E-state index in [1.165, 1.54) is 5.56 Å². The molecule has 6 nitrogen and oxygen atoms in total. The van der Waals surface area contributed by atoms with Gasteiger partial charge in [0.2, 0.25) is 0 Å². The molecule has 0 bridgehead atoms. The number of carbonyl (C=O) groups is 2. The van der Waals surface area contributed by atoms with Crippen LogP contribution >= 0.6 is 0 Å². The van der Waals surface area contributed by atoms with Crippen LogP contribution in [-0.2, 0) is 20.7 Å². The molecule has 1 atom stereocenters. The number of hydrogen-bond donors (Lipinski definition) is 3. The number of carbonyl (C=O) groups excluding carboxylic acids is 1. The van der Waals surface area contributed by atoms with Crippen molar-refractivity contribution < 1.29 is 19.4 Å². The Morgan fingerprint density at radius 2 is 1.87 bits per heavy atom. The SMILES string of the molecule is CCc1cccc(C)c1N[C@@H](C)C(=O)OC(C)C.NCC(=O)O. The van der Waals surface area contributed by atoms with Crippen LogP contribution in [0.5, 0.6) is 0 Å². The number of hydrogen-bond acceptors (Lipinski definition) is 5. The monoisotopic (exact) mass is 324 g/mol. The van der Waals surface area contributed by atoms with Gasteiger partial charge in [-0.1, -0.05) is 25.1 Å². The van der Waals surface area contributed by atoms with Crippen molar-refractivity contribution in [3.8, 4) is 0 Å². The first-order chi connectivity index (χ1) is 10.7. The Kier molecular flexibility index (Phi) is 9.65. The predicted molar refractivity (Wildman–Crippen MR) is 91.6 cm³/mol. The van der Waals surface area contributed by atoms with E-state index in [-0.39, 0.29) is 24.7 Å². The van der Waals surface area contributed by atoms with Crippen molar-refractivity contribution in [3.63, 3.8) is 0 Å². The normalized spacial score (nSPS) is 11.3. The zero-order chi connectivity index (χ0) is 18.0. The van der Waals surface area contributed by atoms with E-state index in [4.69, 9.17) is 9.84 Å². The Bertz CT molecular complexity index is 515. The summed E-state index contributed by atoms with van der Waals surface area (Å²) < 4.78 is 5.20. The summed E-state index contributed by atoms with van der Waals surface area (Å²) in [5.41, 5.74) is 7.99. The molecule has 0 heterocycles. The van der Waals surface area contributed by atoms with Crippen LogP contribution in [0.3, 0.4) is 0 Å². The first kappa shape index (κ1) is 20.9. The van der Waals surface area contributed by atoms with Crippen molar-refractivity contribution >= 4 is 17.6 Å². The summed E-state index contributed by atoms with van der Waals surface area (Å²) in [5.74, 6) is -1.18. The van der Waals surface area contributed by atoms with E-state index in [9.17, 15) is 9.59 Å². The number of aliphatic carboxylic acids is 1. The van der Waals surface area contributed by atoms with E-state index < -0.39 is 5.97 Å². The van der Waals surface area contributed by atoms with Crippen LogP contribution in [0, 0.1) is 6.92 Å². The molecule has 1 aromatic carbocycles. The van der Waals surface area contributed by atoms with Gasteiger partial charge in [0.25, 0.3) is 0 Å². The average molecular weight is 324 g/mol. The molecule has 23 heavy (non-hydrogen) atoms. The van der Waals surface area contributed by atoms with E-state index in [0.29, 0.717) is 0 Å². The number of rotatable bonds is 6. The molecular formula is C17H28N2O4. The second-order valence-corrected chi connectivity index (χ2v) is 5.41. The average Bonchev–Trinajstić information content (AvgIpc) is 2.48. The Morgan fingerprint density at radius 3 is 2.30 bits per heavy atom. The van der Waals surface area contributed by atoms with Crippen molar-refractivity contribution in [1.29, 1.82) is 0 Å². The lowest BCUT2D eigenvalue weighted by molar-refractivity contribution is -0.147. The zero-order valence-electron chi connectivity index (χ0n) is 14.6. The maximum atomic E-state index is 11.8. The summed E-state index contributed by atoms with van der Waals surface area (Å²) in [7, 11) is 0. The van der Waals surface area contributed by atoms with E-state index >= 15 is 0 Å². The largest absolute Gasteiger partial charge is 0.480 e. The molecule has 0 aliphatic rings. The quantitative estimate of drug-likeness (QED) is 0.694. The molecule has 0 saturated heterocycles. The molecule has 0 fully saturated rings. The number of nitrogens with two attached hydrogens (primary N) is 1. The molecule has 0 amide bonds. The second kappa shape index (κ2) is 10.6. The number of carboxylic acid groups (broad SMARTS) is 1. The van der Waals surface area contributed by atoms with Gasteiger partial charge in [-0.25, -0.2) is 4.79 Å². The van der Waals surface area contributed by atoms with Crippen molar-refractivity contribution in [1.82, 2.24) is 0 Å². The molecule has 0 radical (unpaired) electrons. The van der Waals surface area contributed by atoms with E-state index in [1.54, 1.807) is 0 Å². The number of ether oxygens (including phenoxy) is 1. The fourth-order valence-corrected chi connectivity index (χ4v) is 1.84. The lowest BCUT2D eigenvalue weighted by Crippen LogP contribution is -2.30.